The Kier molecular flexibility index (Phi) is 7.76. The highest BCUT2D eigenvalue weighted by atomic mass is 31.3. The first-order valence-corrected chi connectivity index (χ1v) is 12.8. The van der Waals surface area contributed by atoms with Gasteiger partial charge in [0.15, 0.2) is 17.9 Å². The molecule has 17 nitrogen and oxygen atoms in total. The number of H-pyrrole nitrogens is 1. The number of phosphoric acid groups is 3. The number of hydrogen-bond donors (Lipinski definition) is 7. The minimum Gasteiger partial charge on any atom is -0.384 e. The fraction of sp³-hybridized carbons (Fsp3) is 0.636. The van der Waals surface area contributed by atoms with E-state index in [1.165, 1.54) is 0 Å². The van der Waals surface area contributed by atoms with Gasteiger partial charge in [-0.1, -0.05) is 0 Å². The van der Waals surface area contributed by atoms with Crippen molar-refractivity contribution in [3.8, 4) is 0 Å². The monoisotopic (exact) mass is 548 g/mol. The van der Waals surface area contributed by atoms with Gasteiger partial charge < -0.3 is 34.5 Å². The molecule has 1 aliphatic rings. The van der Waals surface area contributed by atoms with Gasteiger partial charge in [0.05, 0.1) is 0 Å². The molecule has 0 aliphatic carbocycles. The predicted octanol–water partition coefficient (Wildman–Crippen LogP) is -1.48. The number of hydrogen-bond acceptors (Lipinski definition) is 11. The summed E-state index contributed by atoms with van der Waals surface area (Å²) in [6, 6.07) is 0.699. The highest BCUT2D eigenvalue weighted by Crippen LogP contribution is 2.66. The van der Waals surface area contributed by atoms with E-state index in [2.05, 4.69) is 17.9 Å². The second-order valence-corrected chi connectivity index (χ2v) is 11.0. The Bertz CT molecular complexity index is 1150. The lowest BCUT2D eigenvalue weighted by Gasteiger charge is -2.32. The fourth-order valence-corrected chi connectivity index (χ4v) is 5.75. The Hall–Kier alpha value is -1.17. The summed E-state index contributed by atoms with van der Waals surface area (Å²) >= 11 is 0. The summed E-state index contributed by atoms with van der Waals surface area (Å²) in [5, 5.41) is 20.8. The number of aliphatic hydroxyl groups is 2. The van der Waals surface area contributed by atoms with Gasteiger partial charge in [-0.05, 0) is 6.92 Å². The van der Waals surface area contributed by atoms with Crippen LogP contribution in [0.1, 0.15) is 13.2 Å². The van der Waals surface area contributed by atoms with Crippen LogP contribution in [0.2, 0.25) is 0 Å². The number of phosphoric ester groups is 1. The Morgan fingerprint density at radius 2 is 1.79 bits per heavy atom. The molecule has 0 bridgehead atoms. The van der Waals surface area contributed by atoms with Crippen molar-refractivity contribution in [2.24, 2.45) is 0 Å². The van der Waals surface area contributed by atoms with E-state index in [0.717, 1.165) is 0 Å². The van der Waals surface area contributed by atoms with Crippen LogP contribution < -0.4 is 11.2 Å². The molecule has 2 unspecified atom stereocenters. The third-order valence-corrected chi connectivity index (χ3v) is 7.91. The van der Waals surface area contributed by atoms with Gasteiger partial charge in [-0.25, -0.2) is 27.3 Å². The average molecular weight is 548 g/mol. The molecule has 1 aromatic rings. The molecule has 1 saturated heterocycles. The number of halogens is 2. The molecule has 1 aromatic heterocycles. The first-order valence-electron chi connectivity index (χ1n) is 8.23. The van der Waals surface area contributed by atoms with E-state index < -0.39 is 71.3 Å². The Labute approximate surface area is 180 Å². The third kappa shape index (κ3) is 6.29. The summed E-state index contributed by atoms with van der Waals surface area (Å²) in [5.41, 5.74) is -5.53. The number of nitrogens with one attached hydrogen (secondary N) is 1. The number of nitrogens with zero attached hydrogens (tertiary/aromatic N) is 1. The standard InChI is InChI=1S/C11H17F2N2O15P3/c1-5(12)11(19)7(17)10(13,28-8(11)15-3-2-6(16)14-9(15)18)4-27-32(23,24)30-33(25,26)29-31(20,21)22/h2-3,5,7-8,17,19H,4H2,1H3,(H,23,24)(H,25,26)(H,14,16,18)(H2,20,21,22)/t5-,7-,8-,10-,11-/m1/s1. The SMILES string of the molecule is C[C@@H](F)[C@]1(O)[C@H](n2ccc(=O)[nH]c2=O)O[C@](F)(COP(=O)(O)OP(=O)(O)OP(=O)(O)O)[C@H]1O. The summed E-state index contributed by atoms with van der Waals surface area (Å²) in [6.07, 6.45) is -7.21. The van der Waals surface area contributed by atoms with E-state index in [1.54, 1.807) is 4.98 Å². The van der Waals surface area contributed by atoms with Crippen LogP contribution in [0, 0.1) is 0 Å². The molecule has 0 saturated carbocycles. The van der Waals surface area contributed by atoms with Gasteiger partial charge in [0.25, 0.3) is 11.4 Å². The minimum atomic E-state index is -5.96. The number of aromatic amines is 1. The lowest BCUT2D eigenvalue weighted by Crippen LogP contribution is -2.56. The van der Waals surface area contributed by atoms with Crippen LogP contribution in [-0.2, 0) is 31.6 Å². The van der Waals surface area contributed by atoms with E-state index in [0.29, 0.717) is 19.2 Å². The van der Waals surface area contributed by atoms with Crippen LogP contribution in [0.3, 0.4) is 0 Å². The summed E-state index contributed by atoms with van der Waals surface area (Å²) in [5.74, 6) is -3.79. The maximum absolute atomic E-state index is 15.3. The molecule has 0 aromatic carbocycles. The van der Waals surface area contributed by atoms with E-state index in [-0.39, 0.29) is 4.57 Å². The Morgan fingerprint density at radius 3 is 2.27 bits per heavy atom. The lowest BCUT2D eigenvalue weighted by molar-refractivity contribution is -0.205. The van der Waals surface area contributed by atoms with Gasteiger partial charge in [0.1, 0.15) is 12.8 Å². The van der Waals surface area contributed by atoms with Gasteiger partial charge in [0, 0.05) is 12.3 Å². The zero-order valence-electron chi connectivity index (χ0n) is 16.0. The van der Waals surface area contributed by atoms with Crippen LogP contribution >= 0.6 is 23.5 Å². The molecular weight excluding hydrogens is 531 g/mol. The molecule has 0 spiro atoms. The van der Waals surface area contributed by atoms with Crippen molar-refractivity contribution in [2.75, 3.05) is 6.61 Å². The number of ether oxygens (including phenoxy) is 1. The maximum atomic E-state index is 15.3. The minimum absolute atomic E-state index is 0.285. The second kappa shape index (κ2) is 9.13. The average Bonchev–Trinajstić information content (AvgIpc) is 2.80. The van der Waals surface area contributed by atoms with Crippen molar-refractivity contribution >= 4 is 23.5 Å². The number of aromatic nitrogens is 2. The number of aliphatic hydroxyl groups excluding tert-OH is 1. The Balaban J connectivity index is 2.32. The van der Waals surface area contributed by atoms with E-state index in [1.807, 2.05) is 0 Å². The van der Waals surface area contributed by atoms with E-state index in [9.17, 15) is 42.8 Å². The molecule has 1 aliphatic heterocycles. The van der Waals surface area contributed by atoms with Crippen molar-refractivity contribution in [3.63, 3.8) is 0 Å². The zero-order valence-corrected chi connectivity index (χ0v) is 18.7. The zero-order chi connectivity index (χ0) is 25.6. The molecule has 7 N–H and O–H groups in total. The first kappa shape index (κ1) is 28.1. The highest BCUT2D eigenvalue weighted by molar-refractivity contribution is 7.66. The summed E-state index contributed by atoms with van der Waals surface area (Å²) in [6.45, 7) is -1.30. The number of rotatable bonds is 9. The maximum Gasteiger partial charge on any atom is 0.490 e. The summed E-state index contributed by atoms with van der Waals surface area (Å²) in [4.78, 5) is 60.2. The van der Waals surface area contributed by atoms with Gasteiger partial charge in [0.2, 0.25) is 0 Å². The van der Waals surface area contributed by atoms with Crippen molar-refractivity contribution < 1.29 is 70.1 Å². The van der Waals surface area contributed by atoms with Gasteiger partial charge in [-0.2, -0.15) is 8.62 Å². The fourth-order valence-electron chi connectivity index (χ4n) is 2.72. The molecular formula is C11H17F2N2O15P3. The quantitative estimate of drug-likeness (QED) is 0.174. The molecule has 33 heavy (non-hydrogen) atoms. The number of alkyl halides is 2. The van der Waals surface area contributed by atoms with Crippen LogP contribution in [-0.4, -0.2) is 69.7 Å². The molecule has 0 amide bonds. The van der Waals surface area contributed by atoms with Crippen molar-refractivity contribution in [2.45, 2.75) is 36.9 Å². The summed E-state index contributed by atoms with van der Waals surface area (Å²) < 4.78 is 79.0. The smallest absolute Gasteiger partial charge is 0.384 e. The van der Waals surface area contributed by atoms with Crippen LogP contribution in [0.25, 0.3) is 0 Å². The topological polar surface area (TPSA) is 264 Å². The Morgan fingerprint density at radius 1 is 1.21 bits per heavy atom. The molecule has 1 fully saturated rings. The van der Waals surface area contributed by atoms with Gasteiger partial charge >= 0.3 is 29.2 Å². The van der Waals surface area contributed by atoms with Crippen molar-refractivity contribution in [3.05, 3.63) is 33.1 Å². The summed E-state index contributed by atoms with van der Waals surface area (Å²) in [7, 11) is -17.6. The molecule has 7 atom stereocenters. The van der Waals surface area contributed by atoms with Gasteiger partial charge in [-0.3, -0.25) is 18.9 Å². The molecule has 2 heterocycles. The first-order chi connectivity index (χ1) is 14.7. The second-order valence-electron chi connectivity index (χ2n) is 6.54. The van der Waals surface area contributed by atoms with Gasteiger partial charge in [-0.15, -0.1) is 0 Å². The molecule has 2 rings (SSSR count). The van der Waals surface area contributed by atoms with E-state index in [4.69, 9.17) is 14.7 Å². The normalized spacial score (nSPS) is 32.8. The molecule has 0 radical (unpaired) electrons. The highest BCUT2D eigenvalue weighted by Gasteiger charge is 2.68. The lowest BCUT2D eigenvalue weighted by atomic mass is 9.89. The predicted molar refractivity (Wildman–Crippen MR) is 96.6 cm³/mol. The van der Waals surface area contributed by atoms with Crippen LogP contribution in [0.5, 0.6) is 0 Å². The van der Waals surface area contributed by atoms with Crippen molar-refractivity contribution in [1.82, 2.24) is 9.55 Å². The van der Waals surface area contributed by atoms with Crippen LogP contribution in [0.15, 0.2) is 21.9 Å². The van der Waals surface area contributed by atoms with E-state index >= 15 is 4.39 Å². The third-order valence-electron chi connectivity index (χ3n) is 4.13. The largest absolute Gasteiger partial charge is 0.490 e. The van der Waals surface area contributed by atoms with Crippen molar-refractivity contribution in [1.29, 1.82) is 0 Å². The molecule has 22 heteroatoms. The molecule has 190 valence electrons. The van der Waals surface area contributed by atoms with Crippen LogP contribution in [0.4, 0.5) is 8.78 Å².